The summed E-state index contributed by atoms with van der Waals surface area (Å²) in [7, 11) is 0. The summed E-state index contributed by atoms with van der Waals surface area (Å²) in [6.07, 6.45) is 0. The molecular weight excluding hydrogens is 280 g/mol. The van der Waals surface area contributed by atoms with E-state index < -0.39 is 17.0 Å². The molecule has 1 aromatic rings. The van der Waals surface area contributed by atoms with Crippen LogP contribution in [0.5, 0.6) is 0 Å². The average molecular weight is 308 g/mol. The molecule has 0 aromatic heterocycles. The number of nitrogens with zero attached hydrogens (tertiary/aromatic N) is 1. The molecule has 0 spiro atoms. The predicted octanol–water partition coefficient (Wildman–Crippen LogP) is 1.10. The molecule has 1 amide bonds. The minimum atomic E-state index is -1.65. The van der Waals surface area contributed by atoms with Gasteiger partial charge in [0.2, 0.25) is 0 Å². The van der Waals surface area contributed by atoms with Gasteiger partial charge in [0.05, 0.1) is 12.1 Å². The van der Waals surface area contributed by atoms with Crippen LogP contribution in [0.1, 0.15) is 33.3 Å². The van der Waals surface area contributed by atoms with Crippen LogP contribution >= 0.6 is 0 Å². The summed E-state index contributed by atoms with van der Waals surface area (Å²) in [5, 5.41) is 23.2. The highest BCUT2D eigenvalue weighted by atomic mass is 16.3. The van der Waals surface area contributed by atoms with Gasteiger partial charge in [0, 0.05) is 6.54 Å². The summed E-state index contributed by atoms with van der Waals surface area (Å²) in [5.41, 5.74) is -1.89. The minimum absolute atomic E-state index is 0.200. The molecule has 1 unspecified atom stereocenters. The molecule has 1 rings (SSSR count). The van der Waals surface area contributed by atoms with Crippen LogP contribution in [0, 0.1) is 0 Å². The second-order valence-electron chi connectivity index (χ2n) is 6.18. The normalized spacial score (nSPS) is 14.7. The first-order valence-corrected chi connectivity index (χ1v) is 7.72. The van der Waals surface area contributed by atoms with Gasteiger partial charge < -0.3 is 20.4 Å². The van der Waals surface area contributed by atoms with E-state index in [1.165, 1.54) is 0 Å². The molecule has 0 heterocycles. The van der Waals surface area contributed by atoms with E-state index in [2.05, 4.69) is 5.32 Å². The molecule has 1 atom stereocenters. The van der Waals surface area contributed by atoms with Gasteiger partial charge >= 0.3 is 0 Å². The Bertz CT molecular complexity index is 472. The first kappa shape index (κ1) is 18.6. The fraction of sp³-hybridized carbons (Fsp3) is 0.588. The third-order valence-corrected chi connectivity index (χ3v) is 3.82. The van der Waals surface area contributed by atoms with Crippen LogP contribution in [0.15, 0.2) is 30.3 Å². The first-order chi connectivity index (χ1) is 10.3. The van der Waals surface area contributed by atoms with Gasteiger partial charge in [-0.15, -0.1) is 0 Å². The van der Waals surface area contributed by atoms with E-state index in [9.17, 15) is 15.0 Å². The Morgan fingerprint density at radius 2 is 1.73 bits per heavy atom. The molecule has 0 fully saturated rings. The molecule has 3 N–H and O–H groups in total. The number of likely N-dealkylation sites (N-methyl/N-ethyl adjacent to an activating group) is 1. The predicted molar refractivity (Wildman–Crippen MR) is 87.4 cm³/mol. The molecule has 0 saturated heterocycles. The summed E-state index contributed by atoms with van der Waals surface area (Å²) in [4.78, 5) is 14.7. The number of benzene rings is 1. The zero-order chi connectivity index (χ0) is 16.8. The molecule has 0 aliphatic rings. The lowest BCUT2D eigenvalue weighted by Crippen LogP contribution is -2.57. The van der Waals surface area contributed by atoms with Crippen molar-refractivity contribution in [3.8, 4) is 0 Å². The molecule has 0 saturated carbocycles. The van der Waals surface area contributed by atoms with Crippen molar-refractivity contribution in [3.05, 3.63) is 35.9 Å². The summed E-state index contributed by atoms with van der Waals surface area (Å²) < 4.78 is 0. The molecule has 0 radical (unpaired) electrons. The SMILES string of the molecule is CCN(CC)CC(O)(C(=O)NC(C)(C)CO)c1ccccc1. The lowest BCUT2D eigenvalue weighted by molar-refractivity contribution is -0.145. The number of hydrogen-bond acceptors (Lipinski definition) is 4. The van der Waals surface area contributed by atoms with Crippen molar-refractivity contribution in [1.29, 1.82) is 0 Å². The van der Waals surface area contributed by atoms with Crippen molar-refractivity contribution in [1.82, 2.24) is 10.2 Å². The van der Waals surface area contributed by atoms with Crippen molar-refractivity contribution < 1.29 is 15.0 Å². The largest absolute Gasteiger partial charge is 0.394 e. The Morgan fingerprint density at radius 1 is 1.18 bits per heavy atom. The number of hydrogen-bond donors (Lipinski definition) is 3. The van der Waals surface area contributed by atoms with Crippen LogP contribution in [0.4, 0.5) is 0 Å². The van der Waals surface area contributed by atoms with E-state index in [1.54, 1.807) is 38.1 Å². The first-order valence-electron chi connectivity index (χ1n) is 7.72. The molecule has 22 heavy (non-hydrogen) atoms. The Hall–Kier alpha value is -1.43. The van der Waals surface area contributed by atoms with Crippen LogP contribution < -0.4 is 5.32 Å². The quantitative estimate of drug-likeness (QED) is 0.672. The van der Waals surface area contributed by atoms with Gasteiger partial charge in [0.15, 0.2) is 5.60 Å². The number of rotatable bonds is 8. The molecule has 0 aliphatic carbocycles. The van der Waals surface area contributed by atoms with Gasteiger partial charge in [-0.25, -0.2) is 0 Å². The number of nitrogens with one attached hydrogen (secondary N) is 1. The van der Waals surface area contributed by atoms with Crippen molar-refractivity contribution in [2.45, 2.75) is 38.8 Å². The topological polar surface area (TPSA) is 72.8 Å². The average Bonchev–Trinajstić information content (AvgIpc) is 2.52. The molecule has 0 bridgehead atoms. The number of aliphatic hydroxyl groups excluding tert-OH is 1. The summed E-state index contributed by atoms with van der Waals surface area (Å²) in [6, 6.07) is 8.93. The molecule has 124 valence electrons. The van der Waals surface area contributed by atoms with E-state index in [1.807, 2.05) is 24.8 Å². The second-order valence-corrected chi connectivity index (χ2v) is 6.18. The van der Waals surface area contributed by atoms with Crippen molar-refractivity contribution in [2.24, 2.45) is 0 Å². The maximum absolute atomic E-state index is 12.7. The van der Waals surface area contributed by atoms with E-state index in [0.717, 1.165) is 13.1 Å². The van der Waals surface area contributed by atoms with E-state index >= 15 is 0 Å². The van der Waals surface area contributed by atoms with Crippen LogP contribution in [0.3, 0.4) is 0 Å². The maximum atomic E-state index is 12.7. The smallest absolute Gasteiger partial charge is 0.258 e. The van der Waals surface area contributed by atoms with Crippen LogP contribution in [-0.4, -0.2) is 52.8 Å². The van der Waals surface area contributed by atoms with Crippen LogP contribution in [0.2, 0.25) is 0 Å². The third kappa shape index (κ3) is 4.53. The Balaban J connectivity index is 3.13. The number of carbonyl (C=O) groups is 1. The van der Waals surface area contributed by atoms with Gasteiger partial charge in [-0.1, -0.05) is 44.2 Å². The fourth-order valence-electron chi connectivity index (χ4n) is 2.23. The van der Waals surface area contributed by atoms with E-state index in [4.69, 9.17) is 0 Å². The Kier molecular flexibility index (Phi) is 6.53. The van der Waals surface area contributed by atoms with Crippen molar-refractivity contribution in [3.63, 3.8) is 0 Å². The molecule has 5 nitrogen and oxygen atoms in total. The van der Waals surface area contributed by atoms with Gasteiger partial charge in [-0.2, -0.15) is 0 Å². The lowest BCUT2D eigenvalue weighted by atomic mass is 9.90. The summed E-state index contributed by atoms with van der Waals surface area (Å²) in [5.74, 6) is -0.496. The molecule has 5 heteroatoms. The highest BCUT2D eigenvalue weighted by Crippen LogP contribution is 2.24. The molecule has 0 aliphatic heterocycles. The second kappa shape index (κ2) is 7.72. The van der Waals surface area contributed by atoms with Gasteiger partial charge in [-0.3, -0.25) is 4.79 Å². The van der Waals surface area contributed by atoms with Crippen LogP contribution in [-0.2, 0) is 10.4 Å². The lowest BCUT2D eigenvalue weighted by Gasteiger charge is -2.35. The Labute approximate surface area is 133 Å². The highest BCUT2D eigenvalue weighted by Gasteiger charge is 2.41. The van der Waals surface area contributed by atoms with Gasteiger partial charge in [0.1, 0.15) is 0 Å². The molecule has 1 aromatic carbocycles. The minimum Gasteiger partial charge on any atom is -0.394 e. The number of amides is 1. The number of aliphatic hydroxyl groups is 2. The Morgan fingerprint density at radius 3 is 2.18 bits per heavy atom. The monoisotopic (exact) mass is 308 g/mol. The van der Waals surface area contributed by atoms with E-state index in [-0.39, 0.29) is 13.2 Å². The van der Waals surface area contributed by atoms with Gasteiger partial charge in [0.25, 0.3) is 5.91 Å². The summed E-state index contributed by atoms with van der Waals surface area (Å²) in [6.45, 7) is 8.90. The fourth-order valence-corrected chi connectivity index (χ4v) is 2.23. The number of carbonyl (C=O) groups excluding carboxylic acids is 1. The zero-order valence-corrected chi connectivity index (χ0v) is 14.0. The highest BCUT2D eigenvalue weighted by molar-refractivity contribution is 5.87. The van der Waals surface area contributed by atoms with Crippen molar-refractivity contribution in [2.75, 3.05) is 26.2 Å². The maximum Gasteiger partial charge on any atom is 0.258 e. The standard InChI is InChI=1S/C17H28N2O3/c1-5-19(6-2)12-17(22,14-10-8-7-9-11-14)15(21)18-16(3,4)13-20/h7-11,20,22H,5-6,12-13H2,1-4H3,(H,18,21). The summed E-state index contributed by atoms with van der Waals surface area (Å²) >= 11 is 0. The third-order valence-electron chi connectivity index (χ3n) is 3.82. The molecular formula is C17H28N2O3. The van der Waals surface area contributed by atoms with Crippen LogP contribution in [0.25, 0.3) is 0 Å². The van der Waals surface area contributed by atoms with E-state index in [0.29, 0.717) is 5.56 Å². The van der Waals surface area contributed by atoms with Crippen molar-refractivity contribution >= 4 is 5.91 Å². The zero-order valence-electron chi connectivity index (χ0n) is 14.0. The van der Waals surface area contributed by atoms with Gasteiger partial charge in [-0.05, 0) is 32.5 Å².